The minimum absolute atomic E-state index is 0.0163. The molecule has 92 valence electrons. The summed E-state index contributed by atoms with van der Waals surface area (Å²) in [6.07, 6.45) is 8.78. The fourth-order valence-corrected chi connectivity index (χ4v) is 2.74. The van der Waals surface area contributed by atoms with Gasteiger partial charge in [0.25, 0.3) is 0 Å². The molecule has 4 nitrogen and oxygen atoms in total. The number of aliphatic hydroxyl groups is 1. The molecule has 2 rings (SSSR count). The second-order valence-corrected chi connectivity index (χ2v) is 5.06. The first-order valence-corrected chi connectivity index (χ1v) is 6.53. The first kappa shape index (κ1) is 11.7. The van der Waals surface area contributed by atoms with Crippen LogP contribution in [0.3, 0.4) is 0 Å². The molecule has 2 aliphatic carbocycles. The summed E-state index contributed by atoms with van der Waals surface area (Å²) >= 11 is 0. The summed E-state index contributed by atoms with van der Waals surface area (Å²) in [6.45, 7) is 0. The van der Waals surface area contributed by atoms with Crippen LogP contribution in [0, 0.1) is 0 Å². The largest absolute Gasteiger partial charge is 0.391 e. The maximum Gasteiger partial charge on any atom is 0.189 e. The van der Waals surface area contributed by atoms with Gasteiger partial charge in [-0.05, 0) is 25.7 Å². The van der Waals surface area contributed by atoms with Crippen molar-refractivity contribution in [3.8, 4) is 0 Å². The quantitative estimate of drug-likeness (QED) is 0.487. The fraction of sp³-hybridized carbons (Fsp3) is 0.917. The number of aliphatic hydroxyl groups excluding tert-OH is 1. The summed E-state index contributed by atoms with van der Waals surface area (Å²) in [5.41, 5.74) is 5.87. The average molecular weight is 225 g/mol. The standard InChI is InChI=1S/C12H23N3O/c13-12(14-9-5-1-2-6-9)15-10-7-3-4-8-11(10)16/h9-11,16H,1-8H2,(H3,13,14,15). The molecule has 0 aliphatic heterocycles. The number of nitrogens with zero attached hydrogens (tertiary/aromatic N) is 1. The normalized spacial score (nSPS) is 32.9. The van der Waals surface area contributed by atoms with Crippen molar-refractivity contribution in [3.05, 3.63) is 0 Å². The molecule has 2 unspecified atom stereocenters. The number of rotatable bonds is 2. The molecular formula is C12H23N3O. The van der Waals surface area contributed by atoms with Crippen LogP contribution < -0.4 is 11.1 Å². The third-order valence-corrected chi connectivity index (χ3v) is 3.71. The third-order valence-electron chi connectivity index (χ3n) is 3.71. The summed E-state index contributed by atoms with van der Waals surface area (Å²) in [5, 5.41) is 13.1. The van der Waals surface area contributed by atoms with Gasteiger partial charge < -0.3 is 16.2 Å². The predicted molar refractivity (Wildman–Crippen MR) is 65.3 cm³/mol. The average Bonchev–Trinajstić information content (AvgIpc) is 2.74. The minimum atomic E-state index is -0.294. The van der Waals surface area contributed by atoms with Gasteiger partial charge in [0.05, 0.1) is 12.1 Å². The molecule has 0 aromatic rings. The second kappa shape index (κ2) is 5.53. The lowest BCUT2D eigenvalue weighted by atomic mass is 9.93. The van der Waals surface area contributed by atoms with Crippen molar-refractivity contribution in [2.24, 2.45) is 10.7 Å². The molecule has 2 aliphatic rings. The van der Waals surface area contributed by atoms with Gasteiger partial charge in [-0.3, -0.25) is 0 Å². The second-order valence-electron chi connectivity index (χ2n) is 5.06. The lowest BCUT2D eigenvalue weighted by molar-refractivity contribution is 0.109. The lowest BCUT2D eigenvalue weighted by Crippen LogP contribution is -2.41. The molecule has 0 amide bonds. The van der Waals surface area contributed by atoms with E-state index in [0.29, 0.717) is 12.0 Å². The molecule has 2 saturated carbocycles. The Labute approximate surface area is 97.3 Å². The molecule has 0 bridgehead atoms. The Balaban J connectivity index is 1.83. The van der Waals surface area contributed by atoms with E-state index in [0.717, 1.165) is 25.7 Å². The predicted octanol–water partition coefficient (Wildman–Crippen LogP) is 1.14. The van der Waals surface area contributed by atoms with Crippen LogP contribution in [0.25, 0.3) is 0 Å². The molecule has 0 radical (unpaired) electrons. The van der Waals surface area contributed by atoms with Gasteiger partial charge in [-0.1, -0.05) is 25.7 Å². The van der Waals surface area contributed by atoms with Gasteiger partial charge in [0, 0.05) is 6.04 Å². The zero-order chi connectivity index (χ0) is 11.4. The van der Waals surface area contributed by atoms with Crippen molar-refractivity contribution in [3.63, 3.8) is 0 Å². The number of hydrogen-bond acceptors (Lipinski definition) is 2. The van der Waals surface area contributed by atoms with Crippen LogP contribution in [-0.2, 0) is 0 Å². The molecule has 16 heavy (non-hydrogen) atoms. The van der Waals surface area contributed by atoms with Gasteiger partial charge >= 0.3 is 0 Å². The Morgan fingerprint density at radius 3 is 2.38 bits per heavy atom. The Morgan fingerprint density at radius 2 is 1.69 bits per heavy atom. The van der Waals surface area contributed by atoms with Gasteiger partial charge in [-0.15, -0.1) is 0 Å². The van der Waals surface area contributed by atoms with Crippen molar-refractivity contribution in [1.29, 1.82) is 0 Å². The Hall–Kier alpha value is -0.770. The van der Waals surface area contributed by atoms with E-state index in [9.17, 15) is 5.11 Å². The van der Waals surface area contributed by atoms with Crippen molar-refractivity contribution < 1.29 is 5.11 Å². The minimum Gasteiger partial charge on any atom is -0.391 e. The van der Waals surface area contributed by atoms with E-state index < -0.39 is 0 Å². The van der Waals surface area contributed by atoms with Crippen molar-refractivity contribution in [2.45, 2.75) is 69.6 Å². The molecular weight excluding hydrogens is 202 g/mol. The fourth-order valence-electron chi connectivity index (χ4n) is 2.74. The van der Waals surface area contributed by atoms with Crippen LogP contribution in [0.1, 0.15) is 51.4 Å². The topological polar surface area (TPSA) is 70.6 Å². The van der Waals surface area contributed by atoms with Crippen LogP contribution in [-0.4, -0.2) is 29.3 Å². The highest BCUT2D eigenvalue weighted by Gasteiger charge is 2.23. The van der Waals surface area contributed by atoms with Crippen LogP contribution in [0.15, 0.2) is 4.99 Å². The van der Waals surface area contributed by atoms with E-state index in [4.69, 9.17) is 5.73 Å². The summed E-state index contributed by atoms with van der Waals surface area (Å²) in [7, 11) is 0. The molecule has 0 aromatic carbocycles. The number of guanidine groups is 1. The highest BCUT2D eigenvalue weighted by atomic mass is 16.3. The van der Waals surface area contributed by atoms with Crippen LogP contribution in [0.4, 0.5) is 0 Å². The maximum absolute atomic E-state index is 9.79. The van der Waals surface area contributed by atoms with Gasteiger partial charge in [0.2, 0.25) is 0 Å². The van der Waals surface area contributed by atoms with Gasteiger partial charge in [0.15, 0.2) is 5.96 Å². The molecule has 2 atom stereocenters. The van der Waals surface area contributed by atoms with Crippen LogP contribution in [0.2, 0.25) is 0 Å². The van der Waals surface area contributed by atoms with Crippen molar-refractivity contribution >= 4 is 5.96 Å². The Kier molecular flexibility index (Phi) is 4.04. The molecule has 2 fully saturated rings. The highest BCUT2D eigenvalue weighted by Crippen LogP contribution is 2.21. The van der Waals surface area contributed by atoms with Gasteiger partial charge in [-0.2, -0.15) is 0 Å². The van der Waals surface area contributed by atoms with Gasteiger partial charge in [0.1, 0.15) is 0 Å². The number of aliphatic imine (C=N–C) groups is 1. The summed E-state index contributed by atoms with van der Waals surface area (Å²) in [5.74, 6) is 0.526. The third kappa shape index (κ3) is 3.11. The number of nitrogens with one attached hydrogen (secondary N) is 1. The Bertz CT molecular complexity index is 249. The molecule has 0 aromatic heterocycles. The van der Waals surface area contributed by atoms with E-state index in [1.807, 2.05) is 0 Å². The summed E-state index contributed by atoms with van der Waals surface area (Å²) in [6, 6.07) is 0.520. The zero-order valence-corrected chi connectivity index (χ0v) is 9.86. The molecule has 0 spiro atoms. The van der Waals surface area contributed by atoms with E-state index in [1.54, 1.807) is 0 Å². The SMILES string of the molecule is NC(=NC1CCCCC1O)NC1CCCC1. The number of nitrogens with two attached hydrogens (primary N) is 1. The first-order chi connectivity index (χ1) is 7.75. The monoisotopic (exact) mass is 225 g/mol. The number of hydrogen-bond donors (Lipinski definition) is 3. The molecule has 0 heterocycles. The van der Waals surface area contributed by atoms with E-state index in [2.05, 4.69) is 10.3 Å². The zero-order valence-electron chi connectivity index (χ0n) is 9.86. The smallest absolute Gasteiger partial charge is 0.189 e. The van der Waals surface area contributed by atoms with Crippen LogP contribution in [0.5, 0.6) is 0 Å². The Morgan fingerprint density at radius 1 is 1.06 bits per heavy atom. The van der Waals surface area contributed by atoms with E-state index in [1.165, 1.54) is 25.7 Å². The lowest BCUT2D eigenvalue weighted by Gasteiger charge is -2.25. The summed E-state index contributed by atoms with van der Waals surface area (Å²) in [4.78, 5) is 4.41. The van der Waals surface area contributed by atoms with Crippen molar-refractivity contribution in [1.82, 2.24) is 5.32 Å². The molecule has 4 N–H and O–H groups in total. The van der Waals surface area contributed by atoms with Gasteiger partial charge in [-0.25, -0.2) is 4.99 Å². The first-order valence-electron chi connectivity index (χ1n) is 6.53. The highest BCUT2D eigenvalue weighted by molar-refractivity contribution is 5.78. The summed E-state index contributed by atoms with van der Waals surface area (Å²) < 4.78 is 0. The van der Waals surface area contributed by atoms with E-state index >= 15 is 0 Å². The maximum atomic E-state index is 9.79. The molecule has 4 heteroatoms. The van der Waals surface area contributed by atoms with Crippen LogP contribution >= 0.6 is 0 Å². The van der Waals surface area contributed by atoms with Crippen molar-refractivity contribution in [2.75, 3.05) is 0 Å². The molecule has 0 saturated heterocycles. The van der Waals surface area contributed by atoms with E-state index in [-0.39, 0.29) is 12.1 Å².